The number of nitrogens with zero attached hydrogens (tertiary/aromatic N) is 2. The maximum Gasteiger partial charge on any atom is 0.106 e. The molecule has 3 heteroatoms. The second-order valence-electron chi connectivity index (χ2n) is 3.39. The van der Waals surface area contributed by atoms with Crippen molar-refractivity contribution >= 4 is 0 Å². The van der Waals surface area contributed by atoms with Crippen molar-refractivity contribution < 1.29 is 4.74 Å². The van der Waals surface area contributed by atoms with Crippen LogP contribution >= 0.6 is 0 Å². The average Bonchev–Trinajstić information content (AvgIpc) is 2.94. The van der Waals surface area contributed by atoms with E-state index in [4.69, 9.17) is 4.74 Å². The number of benzene rings is 1. The zero-order chi connectivity index (χ0) is 9.38. The Balaban J connectivity index is 2.02. The summed E-state index contributed by atoms with van der Waals surface area (Å²) >= 11 is 0. The number of rotatable bonds is 2. The van der Waals surface area contributed by atoms with Gasteiger partial charge in [-0.05, 0) is 17.7 Å². The van der Waals surface area contributed by atoms with Gasteiger partial charge in [0.15, 0.2) is 0 Å². The minimum Gasteiger partial charge on any atom is -0.368 e. The summed E-state index contributed by atoms with van der Waals surface area (Å²) in [7, 11) is 0. The lowest BCUT2D eigenvalue weighted by atomic mass is 10.1. The van der Waals surface area contributed by atoms with E-state index >= 15 is 0 Å². The largest absolute Gasteiger partial charge is 0.368 e. The van der Waals surface area contributed by atoms with Crippen molar-refractivity contribution in [3.63, 3.8) is 0 Å². The summed E-state index contributed by atoms with van der Waals surface area (Å²) in [6, 6.07) is 8.34. The molecule has 2 heterocycles. The van der Waals surface area contributed by atoms with Crippen LogP contribution in [0.2, 0.25) is 0 Å². The normalized spacial score (nSPS) is 19.6. The van der Waals surface area contributed by atoms with Crippen molar-refractivity contribution in [2.75, 3.05) is 6.61 Å². The first-order valence-corrected chi connectivity index (χ1v) is 4.63. The standard InChI is InChI=1S/C11H10N2O/c1-2-9(11-7-14-11)6-10(3-1)13-5-4-12-8-13/h1-6,8,11H,7H2. The van der Waals surface area contributed by atoms with E-state index in [2.05, 4.69) is 23.2 Å². The summed E-state index contributed by atoms with van der Waals surface area (Å²) < 4.78 is 7.23. The quantitative estimate of drug-likeness (QED) is 0.671. The molecule has 1 aliphatic rings. The fourth-order valence-electron chi connectivity index (χ4n) is 1.54. The molecule has 0 spiro atoms. The van der Waals surface area contributed by atoms with E-state index in [0.29, 0.717) is 6.10 Å². The average molecular weight is 186 g/mol. The molecule has 0 N–H and O–H groups in total. The number of hydrogen-bond donors (Lipinski definition) is 0. The van der Waals surface area contributed by atoms with Gasteiger partial charge in [0, 0.05) is 18.1 Å². The highest BCUT2D eigenvalue weighted by Crippen LogP contribution is 2.30. The van der Waals surface area contributed by atoms with Gasteiger partial charge in [0.25, 0.3) is 0 Å². The zero-order valence-corrected chi connectivity index (χ0v) is 7.63. The summed E-state index contributed by atoms with van der Waals surface area (Å²) in [5.74, 6) is 0. The van der Waals surface area contributed by atoms with Gasteiger partial charge in [-0.3, -0.25) is 0 Å². The van der Waals surface area contributed by atoms with Crippen LogP contribution in [-0.4, -0.2) is 16.2 Å². The van der Waals surface area contributed by atoms with Gasteiger partial charge in [0.2, 0.25) is 0 Å². The van der Waals surface area contributed by atoms with E-state index in [1.165, 1.54) is 5.56 Å². The molecule has 0 radical (unpaired) electrons. The molecule has 0 amide bonds. The number of ether oxygens (including phenoxy) is 1. The number of aromatic nitrogens is 2. The molecule has 3 rings (SSSR count). The van der Waals surface area contributed by atoms with E-state index in [1.807, 2.05) is 16.8 Å². The van der Waals surface area contributed by atoms with E-state index in [0.717, 1.165) is 12.3 Å². The Labute approximate surface area is 82.0 Å². The van der Waals surface area contributed by atoms with E-state index in [-0.39, 0.29) is 0 Å². The summed E-state index contributed by atoms with van der Waals surface area (Å²) in [6.45, 7) is 0.855. The molecule has 1 aromatic heterocycles. The van der Waals surface area contributed by atoms with Crippen LogP contribution in [0.15, 0.2) is 43.0 Å². The third-order valence-electron chi connectivity index (χ3n) is 2.38. The Morgan fingerprint density at radius 2 is 2.36 bits per heavy atom. The van der Waals surface area contributed by atoms with Crippen molar-refractivity contribution in [1.82, 2.24) is 9.55 Å². The monoisotopic (exact) mass is 186 g/mol. The van der Waals surface area contributed by atoms with Crippen LogP contribution in [0.3, 0.4) is 0 Å². The molecule has 14 heavy (non-hydrogen) atoms. The highest BCUT2D eigenvalue weighted by atomic mass is 16.6. The van der Waals surface area contributed by atoms with Gasteiger partial charge in [-0.25, -0.2) is 4.98 Å². The van der Waals surface area contributed by atoms with Crippen LogP contribution in [-0.2, 0) is 4.74 Å². The molecular formula is C11H10N2O. The molecule has 2 aromatic rings. The fraction of sp³-hybridized carbons (Fsp3) is 0.182. The summed E-state index contributed by atoms with van der Waals surface area (Å²) in [5.41, 5.74) is 2.38. The van der Waals surface area contributed by atoms with Crippen molar-refractivity contribution in [2.45, 2.75) is 6.10 Å². The number of imidazole rings is 1. The third-order valence-corrected chi connectivity index (χ3v) is 2.38. The molecule has 1 atom stereocenters. The van der Waals surface area contributed by atoms with Crippen LogP contribution in [0, 0.1) is 0 Å². The van der Waals surface area contributed by atoms with Gasteiger partial charge in [-0.15, -0.1) is 0 Å². The molecule has 1 aliphatic heterocycles. The molecule has 1 unspecified atom stereocenters. The minimum atomic E-state index is 0.318. The fourth-order valence-corrected chi connectivity index (χ4v) is 1.54. The molecule has 0 aliphatic carbocycles. The first kappa shape index (κ1) is 7.76. The third kappa shape index (κ3) is 1.32. The van der Waals surface area contributed by atoms with Gasteiger partial charge in [-0.1, -0.05) is 12.1 Å². The Kier molecular flexibility index (Phi) is 1.64. The Bertz CT molecular complexity index is 432. The topological polar surface area (TPSA) is 30.4 Å². The Morgan fingerprint density at radius 3 is 3.07 bits per heavy atom. The molecule has 1 fully saturated rings. The van der Waals surface area contributed by atoms with Crippen LogP contribution in [0.25, 0.3) is 5.69 Å². The second kappa shape index (κ2) is 2.96. The minimum absolute atomic E-state index is 0.318. The van der Waals surface area contributed by atoms with Crippen molar-refractivity contribution in [2.24, 2.45) is 0 Å². The lowest BCUT2D eigenvalue weighted by molar-refractivity contribution is 0.415. The van der Waals surface area contributed by atoms with Gasteiger partial charge < -0.3 is 9.30 Å². The summed E-state index contributed by atoms with van der Waals surface area (Å²) in [5, 5.41) is 0. The zero-order valence-electron chi connectivity index (χ0n) is 7.63. The van der Waals surface area contributed by atoms with E-state index in [1.54, 1.807) is 12.5 Å². The predicted molar refractivity (Wildman–Crippen MR) is 52.3 cm³/mol. The van der Waals surface area contributed by atoms with Crippen LogP contribution < -0.4 is 0 Å². The van der Waals surface area contributed by atoms with E-state index in [9.17, 15) is 0 Å². The lowest BCUT2D eigenvalue weighted by Gasteiger charge is -2.03. The van der Waals surface area contributed by atoms with Crippen LogP contribution in [0.5, 0.6) is 0 Å². The molecule has 1 aromatic carbocycles. The SMILES string of the molecule is c1cc(C2CO2)cc(-n2ccnc2)c1. The predicted octanol–water partition coefficient (Wildman–Crippen LogP) is 1.94. The van der Waals surface area contributed by atoms with Crippen molar-refractivity contribution in [3.05, 3.63) is 48.5 Å². The maximum atomic E-state index is 5.24. The molecular weight excluding hydrogens is 176 g/mol. The molecule has 1 saturated heterocycles. The lowest BCUT2D eigenvalue weighted by Crippen LogP contribution is -1.91. The van der Waals surface area contributed by atoms with Crippen LogP contribution in [0.4, 0.5) is 0 Å². The van der Waals surface area contributed by atoms with Crippen molar-refractivity contribution in [1.29, 1.82) is 0 Å². The molecule has 0 bridgehead atoms. The highest BCUT2D eigenvalue weighted by Gasteiger charge is 2.24. The van der Waals surface area contributed by atoms with Gasteiger partial charge in [0.05, 0.1) is 12.9 Å². The van der Waals surface area contributed by atoms with Gasteiger partial charge in [-0.2, -0.15) is 0 Å². The second-order valence-corrected chi connectivity index (χ2v) is 3.39. The summed E-state index contributed by atoms with van der Waals surface area (Å²) in [6.07, 6.45) is 5.83. The molecule has 0 saturated carbocycles. The highest BCUT2D eigenvalue weighted by molar-refractivity contribution is 5.37. The van der Waals surface area contributed by atoms with Gasteiger partial charge in [0.1, 0.15) is 6.10 Å². The maximum absolute atomic E-state index is 5.24. The smallest absolute Gasteiger partial charge is 0.106 e. The Morgan fingerprint density at radius 1 is 1.43 bits per heavy atom. The molecule has 70 valence electrons. The molecule has 3 nitrogen and oxygen atoms in total. The van der Waals surface area contributed by atoms with E-state index < -0.39 is 0 Å². The van der Waals surface area contributed by atoms with Crippen LogP contribution in [0.1, 0.15) is 11.7 Å². The summed E-state index contributed by atoms with van der Waals surface area (Å²) in [4.78, 5) is 4.02. The first-order valence-electron chi connectivity index (χ1n) is 4.63. The van der Waals surface area contributed by atoms with Crippen molar-refractivity contribution in [3.8, 4) is 5.69 Å². The first-order chi connectivity index (χ1) is 6.93. The number of hydrogen-bond acceptors (Lipinski definition) is 2. The number of epoxide rings is 1. The Hall–Kier alpha value is -1.61. The van der Waals surface area contributed by atoms with Gasteiger partial charge >= 0.3 is 0 Å².